The zero-order valence-electron chi connectivity index (χ0n) is 12.2. The summed E-state index contributed by atoms with van der Waals surface area (Å²) in [5, 5.41) is 0. The second kappa shape index (κ2) is 5.58. The van der Waals surface area contributed by atoms with Gasteiger partial charge >= 0.3 is 0 Å². The first-order valence-corrected chi connectivity index (χ1v) is 7.32. The number of ether oxygens (including phenoxy) is 1. The number of rotatable bonds is 2. The summed E-state index contributed by atoms with van der Waals surface area (Å²) < 4.78 is 10.8. The summed E-state index contributed by atoms with van der Waals surface area (Å²) in [6.07, 6.45) is 2.71. The van der Waals surface area contributed by atoms with Crippen LogP contribution in [0.15, 0.2) is 10.7 Å². The Bertz CT molecular complexity index is 491. The average molecular weight is 278 g/mol. The van der Waals surface area contributed by atoms with E-state index >= 15 is 0 Å². The van der Waals surface area contributed by atoms with Crippen molar-refractivity contribution in [1.29, 1.82) is 0 Å². The Kier molecular flexibility index (Phi) is 3.81. The molecule has 0 aromatic carbocycles. The molecule has 20 heavy (non-hydrogen) atoms. The fourth-order valence-corrected chi connectivity index (χ4v) is 3.02. The summed E-state index contributed by atoms with van der Waals surface area (Å²) >= 11 is 0. The Hall–Kier alpha value is -1.33. The van der Waals surface area contributed by atoms with Crippen LogP contribution in [0.2, 0.25) is 0 Å². The van der Waals surface area contributed by atoms with E-state index in [0.717, 1.165) is 56.9 Å². The lowest BCUT2D eigenvalue weighted by Crippen LogP contribution is -2.45. The van der Waals surface area contributed by atoms with E-state index in [9.17, 15) is 4.79 Å². The summed E-state index contributed by atoms with van der Waals surface area (Å²) in [5.41, 5.74) is 2.00. The van der Waals surface area contributed by atoms with Crippen molar-refractivity contribution in [3.8, 4) is 0 Å². The Morgan fingerprint density at radius 1 is 1.25 bits per heavy atom. The number of hydrogen-bond donors (Lipinski definition) is 0. The molecule has 5 heteroatoms. The van der Waals surface area contributed by atoms with Crippen LogP contribution in [0.4, 0.5) is 0 Å². The molecule has 2 aliphatic rings. The lowest BCUT2D eigenvalue weighted by atomic mass is 10.2. The first-order chi connectivity index (χ1) is 9.66. The fraction of sp³-hybridized carbons (Fsp3) is 0.667. The SMILES string of the molecule is Cc1coc(C(=O)N2CCC(N3CCOCC3)C2)c1C. The third kappa shape index (κ3) is 2.47. The Labute approximate surface area is 119 Å². The van der Waals surface area contributed by atoms with Crippen LogP contribution in [-0.4, -0.2) is 61.1 Å². The van der Waals surface area contributed by atoms with Gasteiger partial charge in [-0.3, -0.25) is 9.69 Å². The molecule has 110 valence electrons. The van der Waals surface area contributed by atoms with E-state index in [-0.39, 0.29) is 5.91 Å². The van der Waals surface area contributed by atoms with Gasteiger partial charge in [-0.25, -0.2) is 0 Å². The van der Waals surface area contributed by atoms with E-state index in [1.165, 1.54) is 0 Å². The number of carbonyl (C=O) groups is 1. The predicted octanol–water partition coefficient (Wildman–Crippen LogP) is 1.44. The predicted molar refractivity (Wildman–Crippen MR) is 74.9 cm³/mol. The van der Waals surface area contributed by atoms with Crippen LogP contribution in [0.3, 0.4) is 0 Å². The molecule has 3 heterocycles. The summed E-state index contributed by atoms with van der Waals surface area (Å²) in [6, 6.07) is 0.471. The zero-order valence-corrected chi connectivity index (χ0v) is 12.2. The topological polar surface area (TPSA) is 45.9 Å². The molecule has 1 amide bonds. The van der Waals surface area contributed by atoms with Crippen LogP contribution in [0, 0.1) is 13.8 Å². The molecule has 2 aliphatic heterocycles. The van der Waals surface area contributed by atoms with Crippen LogP contribution in [0.5, 0.6) is 0 Å². The molecule has 1 unspecified atom stereocenters. The van der Waals surface area contributed by atoms with Crippen molar-refractivity contribution in [2.75, 3.05) is 39.4 Å². The summed E-state index contributed by atoms with van der Waals surface area (Å²) in [5.74, 6) is 0.538. The number of amides is 1. The molecule has 0 radical (unpaired) electrons. The molecule has 0 saturated carbocycles. The lowest BCUT2D eigenvalue weighted by Gasteiger charge is -2.31. The van der Waals surface area contributed by atoms with Gasteiger partial charge in [-0.1, -0.05) is 0 Å². The Morgan fingerprint density at radius 3 is 2.65 bits per heavy atom. The summed E-state index contributed by atoms with van der Waals surface area (Å²) in [7, 11) is 0. The molecule has 5 nitrogen and oxygen atoms in total. The molecular formula is C15H22N2O3. The first-order valence-electron chi connectivity index (χ1n) is 7.32. The van der Waals surface area contributed by atoms with Crippen molar-refractivity contribution in [2.45, 2.75) is 26.3 Å². The van der Waals surface area contributed by atoms with Crippen molar-refractivity contribution in [1.82, 2.24) is 9.80 Å². The number of hydrogen-bond acceptors (Lipinski definition) is 4. The lowest BCUT2D eigenvalue weighted by molar-refractivity contribution is 0.0184. The van der Waals surface area contributed by atoms with Crippen molar-refractivity contribution < 1.29 is 13.9 Å². The number of morpholine rings is 1. The van der Waals surface area contributed by atoms with Crippen LogP contribution in [-0.2, 0) is 4.74 Å². The number of aryl methyl sites for hydroxylation is 1. The highest BCUT2D eigenvalue weighted by atomic mass is 16.5. The van der Waals surface area contributed by atoms with Crippen LogP contribution in [0.25, 0.3) is 0 Å². The van der Waals surface area contributed by atoms with Crippen LogP contribution >= 0.6 is 0 Å². The molecule has 0 spiro atoms. The van der Waals surface area contributed by atoms with E-state index in [4.69, 9.17) is 9.15 Å². The Morgan fingerprint density at radius 2 is 2.00 bits per heavy atom. The summed E-state index contributed by atoms with van der Waals surface area (Å²) in [4.78, 5) is 16.9. The Balaban J connectivity index is 1.64. The molecule has 1 aromatic heterocycles. The standard InChI is InChI=1S/C15H22N2O3/c1-11-10-20-14(12(11)2)15(18)17-4-3-13(9-17)16-5-7-19-8-6-16/h10,13H,3-9H2,1-2H3. The minimum absolute atomic E-state index is 0.0337. The molecule has 0 aliphatic carbocycles. The highest BCUT2D eigenvalue weighted by Gasteiger charge is 2.33. The first kappa shape index (κ1) is 13.6. The van der Waals surface area contributed by atoms with Gasteiger partial charge in [0, 0.05) is 37.8 Å². The van der Waals surface area contributed by atoms with E-state index < -0.39 is 0 Å². The molecule has 2 saturated heterocycles. The third-order valence-corrected chi connectivity index (χ3v) is 4.49. The average Bonchev–Trinajstić information content (AvgIpc) is 3.08. The number of furan rings is 1. The molecule has 1 aromatic rings. The van der Waals surface area contributed by atoms with E-state index in [2.05, 4.69) is 4.90 Å². The highest BCUT2D eigenvalue weighted by molar-refractivity contribution is 5.93. The van der Waals surface area contributed by atoms with Gasteiger partial charge in [0.05, 0.1) is 19.5 Å². The molecular weight excluding hydrogens is 256 g/mol. The van der Waals surface area contributed by atoms with Gasteiger partial charge in [-0.2, -0.15) is 0 Å². The number of nitrogens with zero attached hydrogens (tertiary/aromatic N) is 2. The van der Waals surface area contributed by atoms with Crippen molar-refractivity contribution in [3.05, 3.63) is 23.2 Å². The van der Waals surface area contributed by atoms with Gasteiger partial charge in [0.1, 0.15) is 0 Å². The molecule has 0 N–H and O–H groups in total. The molecule has 1 atom stereocenters. The summed E-state index contributed by atoms with van der Waals surface area (Å²) in [6.45, 7) is 9.11. The van der Waals surface area contributed by atoms with Gasteiger partial charge in [0.2, 0.25) is 0 Å². The van der Waals surface area contributed by atoms with E-state index in [1.807, 2.05) is 18.7 Å². The van der Waals surface area contributed by atoms with E-state index in [0.29, 0.717) is 11.8 Å². The monoisotopic (exact) mass is 278 g/mol. The van der Waals surface area contributed by atoms with Gasteiger partial charge in [-0.15, -0.1) is 0 Å². The highest BCUT2D eigenvalue weighted by Crippen LogP contribution is 2.22. The second-order valence-corrected chi connectivity index (χ2v) is 5.71. The molecule has 2 fully saturated rings. The van der Waals surface area contributed by atoms with Crippen molar-refractivity contribution in [2.24, 2.45) is 0 Å². The number of carbonyl (C=O) groups excluding carboxylic acids is 1. The zero-order chi connectivity index (χ0) is 14.1. The van der Waals surface area contributed by atoms with Gasteiger partial charge < -0.3 is 14.1 Å². The van der Waals surface area contributed by atoms with Crippen LogP contribution < -0.4 is 0 Å². The quantitative estimate of drug-likeness (QED) is 0.821. The number of likely N-dealkylation sites (tertiary alicyclic amines) is 1. The smallest absolute Gasteiger partial charge is 0.289 e. The minimum Gasteiger partial charge on any atom is -0.459 e. The van der Waals surface area contributed by atoms with Crippen LogP contribution in [0.1, 0.15) is 28.1 Å². The van der Waals surface area contributed by atoms with Gasteiger partial charge in [0.15, 0.2) is 5.76 Å². The maximum Gasteiger partial charge on any atom is 0.289 e. The fourth-order valence-electron chi connectivity index (χ4n) is 3.02. The third-order valence-electron chi connectivity index (χ3n) is 4.49. The minimum atomic E-state index is 0.0337. The van der Waals surface area contributed by atoms with E-state index in [1.54, 1.807) is 6.26 Å². The van der Waals surface area contributed by atoms with Gasteiger partial charge in [-0.05, 0) is 25.8 Å². The second-order valence-electron chi connectivity index (χ2n) is 5.71. The van der Waals surface area contributed by atoms with Crippen molar-refractivity contribution in [3.63, 3.8) is 0 Å². The van der Waals surface area contributed by atoms with Gasteiger partial charge in [0.25, 0.3) is 5.91 Å². The normalized spacial score (nSPS) is 24.3. The maximum atomic E-state index is 12.5. The maximum absolute atomic E-state index is 12.5. The molecule has 3 rings (SSSR count). The molecule has 0 bridgehead atoms. The van der Waals surface area contributed by atoms with Crippen molar-refractivity contribution >= 4 is 5.91 Å². The largest absolute Gasteiger partial charge is 0.459 e.